The molecule has 0 saturated heterocycles. The number of imidazole rings is 1. The molecule has 0 N–H and O–H groups in total. The number of amides is 1. The Morgan fingerprint density at radius 3 is 2.78 bits per heavy atom. The minimum absolute atomic E-state index is 0.0227. The summed E-state index contributed by atoms with van der Waals surface area (Å²) in [5.74, 6) is 0.836. The maximum Gasteiger partial charge on any atom is 0.255 e. The number of carbonyl (C=O) groups excluding carboxylic acids is 1. The predicted molar refractivity (Wildman–Crippen MR) is 73.1 cm³/mol. The maximum absolute atomic E-state index is 12.3. The molecule has 1 aromatic carbocycles. The number of rotatable bonds is 3. The van der Waals surface area contributed by atoms with Gasteiger partial charge in [0, 0.05) is 31.0 Å². The summed E-state index contributed by atoms with van der Waals surface area (Å²) in [5.41, 5.74) is 0.661. The third kappa shape index (κ3) is 2.61. The van der Waals surface area contributed by atoms with Crippen LogP contribution in [0.4, 0.5) is 0 Å². The van der Waals surface area contributed by atoms with Crippen LogP contribution in [0, 0.1) is 0 Å². The van der Waals surface area contributed by atoms with Crippen LogP contribution in [-0.2, 0) is 13.6 Å². The van der Waals surface area contributed by atoms with Gasteiger partial charge in [0.15, 0.2) is 0 Å². The summed E-state index contributed by atoms with van der Waals surface area (Å²) < 4.78 is 2.71. The molecule has 2 rings (SSSR count). The van der Waals surface area contributed by atoms with Crippen LogP contribution in [0.3, 0.4) is 0 Å². The van der Waals surface area contributed by atoms with Crippen LogP contribution in [-0.4, -0.2) is 27.4 Å². The van der Waals surface area contributed by atoms with Gasteiger partial charge in [0.25, 0.3) is 5.91 Å². The van der Waals surface area contributed by atoms with Crippen molar-refractivity contribution in [2.24, 2.45) is 7.05 Å². The molecule has 94 valence electrons. The highest BCUT2D eigenvalue weighted by Gasteiger charge is 2.15. The van der Waals surface area contributed by atoms with Crippen LogP contribution >= 0.6 is 15.9 Å². The molecule has 5 heteroatoms. The van der Waals surface area contributed by atoms with Crippen LogP contribution in [0.1, 0.15) is 16.2 Å². The first-order valence-corrected chi connectivity index (χ1v) is 6.35. The summed E-state index contributed by atoms with van der Waals surface area (Å²) >= 11 is 3.39. The van der Waals surface area contributed by atoms with Crippen molar-refractivity contribution in [3.63, 3.8) is 0 Å². The molecule has 4 nitrogen and oxygen atoms in total. The molecule has 1 aromatic heterocycles. The number of aromatic nitrogens is 2. The highest BCUT2D eigenvalue weighted by molar-refractivity contribution is 9.10. The van der Waals surface area contributed by atoms with Crippen LogP contribution < -0.4 is 0 Å². The van der Waals surface area contributed by atoms with Crippen LogP contribution in [0.2, 0.25) is 0 Å². The van der Waals surface area contributed by atoms with E-state index in [1.165, 1.54) is 0 Å². The Morgan fingerprint density at radius 1 is 1.44 bits per heavy atom. The van der Waals surface area contributed by atoms with E-state index in [0.717, 1.165) is 10.3 Å². The van der Waals surface area contributed by atoms with Crippen LogP contribution in [0.25, 0.3) is 0 Å². The van der Waals surface area contributed by atoms with Gasteiger partial charge in [-0.15, -0.1) is 0 Å². The van der Waals surface area contributed by atoms with E-state index in [2.05, 4.69) is 20.9 Å². The Balaban J connectivity index is 2.15. The average molecular weight is 308 g/mol. The highest BCUT2D eigenvalue weighted by atomic mass is 79.9. The summed E-state index contributed by atoms with van der Waals surface area (Å²) in [6.07, 6.45) is 3.60. The van der Waals surface area contributed by atoms with Gasteiger partial charge in [0.05, 0.1) is 12.1 Å². The van der Waals surface area contributed by atoms with Gasteiger partial charge in [0.2, 0.25) is 0 Å². The van der Waals surface area contributed by atoms with E-state index in [9.17, 15) is 4.79 Å². The number of benzene rings is 1. The molecule has 0 spiro atoms. The van der Waals surface area contributed by atoms with Gasteiger partial charge in [-0.05, 0) is 28.1 Å². The van der Waals surface area contributed by atoms with E-state index in [4.69, 9.17) is 0 Å². The second-order valence-electron chi connectivity index (χ2n) is 4.10. The Morgan fingerprint density at radius 2 is 2.17 bits per heavy atom. The lowest BCUT2D eigenvalue weighted by atomic mass is 10.2. The smallest absolute Gasteiger partial charge is 0.255 e. The first-order chi connectivity index (χ1) is 8.59. The summed E-state index contributed by atoms with van der Waals surface area (Å²) in [7, 11) is 3.69. The molecular formula is C13H14BrN3O. The number of nitrogens with zero attached hydrogens (tertiary/aromatic N) is 3. The molecule has 18 heavy (non-hydrogen) atoms. The van der Waals surface area contributed by atoms with Gasteiger partial charge >= 0.3 is 0 Å². The fourth-order valence-corrected chi connectivity index (χ4v) is 2.13. The second kappa shape index (κ2) is 5.35. The minimum Gasteiger partial charge on any atom is -0.337 e. The monoisotopic (exact) mass is 307 g/mol. The highest BCUT2D eigenvalue weighted by Crippen LogP contribution is 2.18. The van der Waals surface area contributed by atoms with E-state index in [1.807, 2.05) is 36.0 Å². The van der Waals surface area contributed by atoms with Crippen molar-refractivity contribution in [1.82, 2.24) is 14.5 Å². The Bertz CT molecular complexity index is 565. The lowest BCUT2D eigenvalue weighted by molar-refractivity contribution is 0.0779. The average Bonchev–Trinajstić information content (AvgIpc) is 2.75. The zero-order valence-corrected chi connectivity index (χ0v) is 11.9. The minimum atomic E-state index is -0.0227. The molecule has 1 heterocycles. The molecule has 0 unspecified atom stereocenters. The van der Waals surface area contributed by atoms with Crippen LogP contribution in [0.5, 0.6) is 0 Å². The largest absolute Gasteiger partial charge is 0.337 e. The SMILES string of the molecule is CN(Cc1nccn1C)C(=O)c1ccccc1Br. The quantitative estimate of drug-likeness (QED) is 0.873. The van der Waals surface area contributed by atoms with E-state index >= 15 is 0 Å². The molecule has 0 aliphatic heterocycles. The fraction of sp³-hybridized carbons (Fsp3) is 0.231. The van der Waals surface area contributed by atoms with Gasteiger partial charge in [-0.3, -0.25) is 4.79 Å². The third-order valence-corrected chi connectivity index (χ3v) is 3.44. The molecule has 0 atom stereocenters. The summed E-state index contributed by atoms with van der Waals surface area (Å²) in [5, 5.41) is 0. The molecule has 2 aromatic rings. The van der Waals surface area contributed by atoms with Crippen molar-refractivity contribution in [2.45, 2.75) is 6.54 Å². The third-order valence-electron chi connectivity index (χ3n) is 2.75. The molecule has 0 saturated carbocycles. The predicted octanol–water partition coefficient (Wildman–Crippen LogP) is 2.45. The van der Waals surface area contributed by atoms with E-state index in [1.54, 1.807) is 24.2 Å². The summed E-state index contributed by atoms with van der Waals surface area (Å²) in [4.78, 5) is 18.1. The standard InChI is InChI=1S/C13H14BrN3O/c1-16-8-7-15-12(16)9-17(2)13(18)10-5-3-4-6-11(10)14/h3-8H,9H2,1-2H3. The van der Waals surface area contributed by atoms with Gasteiger partial charge < -0.3 is 9.47 Å². The maximum atomic E-state index is 12.3. The van der Waals surface area contributed by atoms with E-state index in [0.29, 0.717) is 12.1 Å². The molecule has 0 aliphatic rings. The number of halogens is 1. The lowest BCUT2D eigenvalue weighted by Crippen LogP contribution is -2.27. The lowest BCUT2D eigenvalue weighted by Gasteiger charge is -2.17. The topological polar surface area (TPSA) is 38.1 Å². The number of hydrogen-bond acceptors (Lipinski definition) is 2. The fourth-order valence-electron chi connectivity index (χ4n) is 1.67. The zero-order chi connectivity index (χ0) is 13.1. The normalized spacial score (nSPS) is 10.4. The number of aryl methyl sites for hydroxylation is 1. The Kier molecular flexibility index (Phi) is 3.81. The molecule has 0 aliphatic carbocycles. The molecule has 0 bridgehead atoms. The Labute approximate surface area is 114 Å². The van der Waals surface area contributed by atoms with Gasteiger partial charge in [-0.2, -0.15) is 0 Å². The summed E-state index contributed by atoms with van der Waals surface area (Å²) in [6, 6.07) is 7.41. The van der Waals surface area contributed by atoms with Crippen molar-refractivity contribution < 1.29 is 4.79 Å². The molecule has 0 radical (unpaired) electrons. The van der Waals surface area contributed by atoms with E-state index in [-0.39, 0.29) is 5.91 Å². The van der Waals surface area contributed by atoms with Crippen molar-refractivity contribution in [1.29, 1.82) is 0 Å². The Hall–Kier alpha value is -1.62. The van der Waals surface area contributed by atoms with Crippen LogP contribution in [0.15, 0.2) is 41.1 Å². The van der Waals surface area contributed by atoms with Gasteiger partial charge in [0.1, 0.15) is 5.82 Å². The van der Waals surface area contributed by atoms with Crippen molar-refractivity contribution in [2.75, 3.05) is 7.05 Å². The van der Waals surface area contributed by atoms with Crippen molar-refractivity contribution >= 4 is 21.8 Å². The summed E-state index contributed by atoms with van der Waals surface area (Å²) in [6.45, 7) is 0.490. The number of carbonyl (C=O) groups is 1. The first-order valence-electron chi connectivity index (χ1n) is 5.56. The molecular weight excluding hydrogens is 294 g/mol. The molecule has 1 amide bonds. The van der Waals surface area contributed by atoms with Gasteiger partial charge in [-0.1, -0.05) is 12.1 Å². The van der Waals surface area contributed by atoms with Crippen molar-refractivity contribution in [3.8, 4) is 0 Å². The van der Waals surface area contributed by atoms with E-state index < -0.39 is 0 Å². The number of hydrogen-bond donors (Lipinski definition) is 0. The molecule has 0 fully saturated rings. The second-order valence-corrected chi connectivity index (χ2v) is 4.95. The zero-order valence-electron chi connectivity index (χ0n) is 10.3. The van der Waals surface area contributed by atoms with Crippen molar-refractivity contribution in [3.05, 3.63) is 52.5 Å². The first kappa shape index (κ1) is 12.8. The van der Waals surface area contributed by atoms with Gasteiger partial charge in [-0.25, -0.2) is 4.98 Å².